The summed E-state index contributed by atoms with van der Waals surface area (Å²) in [5.41, 5.74) is -0.455. The zero-order chi connectivity index (χ0) is 24.0. The normalized spacial score (nSPS) is 18.1. The van der Waals surface area contributed by atoms with Gasteiger partial charge in [-0.1, -0.05) is 11.6 Å². The van der Waals surface area contributed by atoms with Gasteiger partial charge in [-0.25, -0.2) is 13.2 Å². The monoisotopic (exact) mass is 504 g/mol. The maximum atomic E-state index is 13.1. The van der Waals surface area contributed by atoms with Crippen molar-refractivity contribution in [2.24, 2.45) is 0 Å². The van der Waals surface area contributed by atoms with E-state index in [9.17, 15) is 31.3 Å². The molecule has 0 bridgehead atoms. The summed E-state index contributed by atoms with van der Waals surface area (Å²) >= 11 is 6.01. The Labute approximate surface area is 191 Å². The lowest BCUT2D eigenvalue weighted by molar-refractivity contribution is -0.382. The molecule has 0 aliphatic carbocycles. The number of carbonyl (C=O) groups is 1. The highest BCUT2D eigenvalue weighted by atomic mass is 35.5. The number of alkyl halides is 3. The van der Waals surface area contributed by atoms with Crippen LogP contribution in [0.2, 0.25) is 5.02 Å². The molecule has 0 atom stereocenters. The number of cyclic esters (lactones) is 1. The van der Waals surface area contributed by atoms with Gasteiger partial charge in [0.05, 0.1) is 11.3 Å². The molecule has 4 rings (SSSR count). The molecule has 2 aromatic rings. The van der Waals surface area contributed by atoms with Crippen LogP contribution in [0.1, 0.15) is 24.0 Å². The smallest absolute Gasteiger partial charge is 0.416 e. The first-order valence-corrected chi connectivity index (χ1v) is 11.7. The van der Waals surface area contributed by atoms with E-state index in [1.165, 1.54) is 10.1 Å². The van der Waals surface area contributed by atoms with Gasteiger partial charge in [0.1, 0.15) is 6.61 Å². The first kappa shape index (κ1) is 23.5. The van der Waals surface area contributed by atoms with Crippen molar-refractivity contribution in [2.75, 3.05) is 18.0 Å². The molecule has 33 heavy (non-hydrogen) atoms. The maximum absolute atomic E-state index is 13.1. The molecule has 13 heteroatoms. The third-order valence-electron chi connectivity index (χ3n) is 5.67. The van der Waals surface area contributed by atoms with Crippen molar-refractivity contribution in [3.05, 3.63) is 57.5 Å². The first-order chi connectivity index (χ1) is 15.5. The quantitative estimate of drug-likeness (QED) is 0.690. The third-order valence-corrected chi connectivity index (χ3v) is 7.86. The van der Waals surface area contributed by atoms with Crippen LogP contribution in [0.5, 0.6) is 0 Å². The molecule has 1 amide bonds. The second-order valence-electron chi connectivity index (χ2n) is 7.64. The first-order valence-electron chi connectivity index (χ1n) is 9.86. The van der Waals surface area contributed by atoms with E-state index in [1.54, 1.807) is 18.2 Å². The second kappa shape index (κ2) is 8.58. The Morgan fingerprint density at radius 1 is 1.09 bits per heavy atom. The minimum absolute atomic E-state index is 0.000970. The summed E-state index contributed by atoms with van der Waals surface area (Å²) in [5, 5.41) is 1.79. The van der Waals surface area contributed by atoms with Crippen LogP contribution in [0, 0.1) is 4.91 Å². The lowest BCUT2D eigenvalue weighted by Gasteiger charge is -2.39. The molecule has 176 valence electrons. The van der Waals surface area contributed by atoms with Crippen LogP contribution in [-0.4, -0.2) is 37.9 Å². The van der Waals surface area contributed by atoms with Crippen molar-refractivity contribution in [3.63, 3.8) is 0 Å². The number of piperidine rings is 1. The molecule has 1 saturated heterocycles. The molecule has 2 aliphatic rings. The number of hydrogen-bond donors (Lipinski definition) is 1. The summed E-state index contributed by atoms with van der Waals surface area (Å²) in [7, 11) is -4.25. The summed E-state index contributed by atoms with van der Waals surface area (Å²) in [5.74, 6) is 0. The lowest BCUT2D eigenvalue weighted by Crippen LogP contribution is -2.57. The van der Waals surface area contributed by atoms with Crippen molar-refractivity contribution < 1.29 is 36.3 Å². The zero-order valence-corrected chi connectivity index (χ0v) is 18.5. The fourth-order valence-electron chi connectivity index (χ4n) is 4.05. The molecule has 0 spiro atoms. The van der Waals surface area contributed by atoms with Gasteiger partial charge in [0.25, 0.3) is 5.69 Å². The SMILES string of the molecule is O=[NH+]c1cc(C(F)(F)F)ccc1S(=O)(=O)N1CCC(N2C(=O)OCc3cc(Cl)ccc32)CC1. The topological polar surface area (TPSA) is 98.0 Å². The van der Waals surface area contributed by atoms with Crippen LogP contribution in [0.3, 0.4) is 0 Å². The molecular formula is C20H18ClF3N3O5S+. The van der Waals surface area contributed by atoms with E-state index in [-0.39, 0.29) is 38.6 Å². The zero-order valence-electron chi connectivity index (χ0n) is 16.9. The fourth-order valence-corrected chi connectivity index (χ4v) is 5.83. The minimum Gasteiger partial charge on any atom is -0.444 e. The molecule has 2 aliphatic heterocycles. The molecule has 1 N–H and O–H groups in total. The molecule has 1 fully saturated rings. The van der Waals surface area contributed by atoms with E-state index in [2.05, 4.69) is 0 Å². The molecule has 8 nitrogen and oxygen atoms in total. The largest absolute Gasteiger partial charge is 0.444 e. The molecule has 0 aromatic heterocycles. The van der Waals surface area contributed by atoms with Gasteiger partial charge in [-0.05, 0) is 43.2 Å². The van der Waals surface area contributed by atoms with Gasteiger partial charge in [0, 0.05) is 45.9 Å². The Kier molecular flexibility index (Phi) is 6.10. The number of fused-ring (bicyclic) bond motifs is 1. The van der Waals surface area contributed by atoms with E-state index in [4.69, 9.17) is 16.3 Å². The van der Waals surface area contributed by atoms with Crippen molar-refractivity contribution >= 4 is 39.1 Å². The Hall–Kier alpha value is -2.70. The van der Waals surface area contributed by atoms with Gasteiger partial charge < -0.3 is 4.74 Å². The average molecular weight is 505 g/mol. The van der Waals surface area contributed by atoms with Crippen LogP contribution in [0.15, 0.2) is 41.3 Å². The van der Waals surface area contributed by atoms with Crippen LogP contribution >= 0.6 is 11.6 Å². The van der Waals surface area contributed by atoms with Crippen molar-refractivity contribution in [1.82, 2.24) is 4.31 Å². The summed E-state index contributed by atoms with van der Waals surface area (Å²) in [6.45, 7) is 0.0788. The number of anilines is 1. The number of nitroso groups, excluding NO2 is 1. The predicted octanol–water partition coefficient (Wildman–Crippen LogP) is 3.15. The highest BCUT2D eigenvalue weighted by molar-refractivity contribution is 7.89. The number of ether oxygens (including phenoxy) is 1. The van der Waals surface area contributed by atoms with Crippen LogP contribution in [-0.2, 0) is 27.5 Å². The molecular weight excluding hydrogens is 487 g/mol. The van der Waals surface area contributed by atoms with E-state index >= 15 is 0 Å². The number of nitrogens with one attached hydrogen (secondary N) is 1. The van der Waals surface area contributed by atoms with E-state index in [0.29, 0.717) is 22.8 Å². The van der Waals surface area contributed by atoms with E-state index in [0.717, 1.165) is 15.9 Å². The minimum atomic E-state index is -4.73. The number of carbonyl (C=O) groups excluding carboxylic acids is 1. The molecule has 2 aromatic carbocycles. The lowest BCUT2D eigenvalue weighted by atomic mass is 10.0. The molecule has 0 unspecified atom stereocenters. The fraction of sp³-hybridized carbons (Fsp3) is 0.350. The van der Waals surface area contributed by atoms with Gasteiger partial charge in [0.15, 0.2) is 4.90 Å². The van der Waals surface area contributed by atoms with Crippen molar-refractivity contribution in [2.45, 2.75) is 36.6 Å². The van der Waals surface area contributed by atoms with Gasteiger partial charge in [0.2, 0.25) is 10.0 Å². The summed E-state index contributed by atoms with van der Waals surface area (Å²) < 4.78 is 71.2. The molecule has 0 saturated carbocycles. The number of rotatable bonds is 4. The summed E-state index contributed by atoms with van der Waals surface area (Å²) in [6.07, 6.45) is -4.75. The van der Waals surface area contributed by atoms with E-state index in [1.807, 2.05) is 0 Å². The second-order valence-corrected chi connectivity index (χ2v) is 9.99. The van der Waals surface area contributed by atoms with Gasteiger partial charge in [-0.3, -0.25) is 4.90 Å². The third kappa shape index (κ3) is 4.42. The summed E-state index contributed by atoms with van der Waals surface area (Å²) in [6, 6.07) is 6.55. The number of sulfonamides is 1. The Morgan fingerprint density at radius 2 is 1.79 bits per heavy atom. The highest BCUT2D eigenvalue weighted by Crippen LogP contribution is 2.36. The van der Waals surface area contributed by atoms with Gasteiger partial charge in [-0.2, -0.15) is 17.5 Å². The van der Waals surface area contributed by atoms with E-state index < -0.39 is 38.4 Å². The van der Waals surface area contributed by atoms with Crippen LogP contribution in [0.4, 0.5) is 29.3 Å². The number of hydrogen-bond acceptors (Lipinski definition) is 5. The standard InChI is InChI=1S/C20H17ClF3N3O5S/c21-14-2-3-17-12(9-14)11-32-19(28)27(17)15-5-7-26(8-6-15)33(30,31)18-4-1-13(20(22,23)24)10-16(18)25-29/h1-4,9-10,15H,5-8,11H2/p+1. The Balaban J connectivity index is 1.55. The number of halogens is 4. The predicted molar refractivity (Wildman–Crippen MR) is 111 cm³/mol. The number of nitrogens with zero attached hydrogens (tertiary/aromatic N) is 2. The van der Waals surface area contributed by atoms with Gasteiger partial charge >= 0.3 is 12.3 Å². The number of amides is 1. The van der Waals surface area contributed by atoms with Crippen molar-refractivity contribution in [3.8, 4) is 0 Å². The maximum Gasteiger partial charge on any atom is 0.416 e. The average Bonchev–Trinajstić information content (AvgIpc) is 2.78. The van der Waals surface area contributed by atoms with Crippen LogP contribution in [0.25, 0.3) is 0 Å². The molecule has 0 radical (unpaired) electrons. The highest BCUT2D eigenvalue weighted by Gasteiger charge is 2.40. The number of benzene rings is 2. The van der Waals surface area contributed by atoms with Crippen LogP contribution < -0.4 is 10.1 Å². The Bertz CT molecular complexity index is 1210. The van der Waals surface area contributed by atoms with Gasteiger partial charge in [-0.15, -0.1) is 0 Å². The van der Waals surface area contributed by atoms with Crippen molar-refractivity contribution in [1.29, 1.82) is 0 Å². The molecule has 2 heterocycles. The Morgan fingerprint density at radius 3 is 2.42 bits per heavy atom. The summed E-state index contributed by atoms with van der Waals surface area (Å²) in [4.78, 5) is 24.6.